The summed E-state index contributed by atoms with van der Waals surface area (Å²) >= 11 is 0. The number of rotatable bonds is 5. The van der Waals surface area contributed by atoms with E-state index in [2.05, 4.69) is 5.32 Å². The molecule has 0 bridgehead atoms. The Morgan fingerprint density at radius 3 is 2.65 bits per heavy atom. The molecule has 20 heavy (non-hydrogen) atoms. The molecule has 2 aromatic carbocycles. The Morgan fingerprint density at radius 1 is 1.25 bits per heavy atom. The molecule has 0 radical (unpaired) electrons. The first-order valence-corrected chi connectivity index (χ1v) is 6.81. The fourth-order valence-corrected chi connectivity index (χ4v) is 2.26. The Hall–Kier alpha value is -1.94. The minimum atomic E-state index is -0.312. The zero-order valence-corrected chi connectivity index (χ0v) is 11.5. The zero-order chi connectivity index (χ0) is 14.5. The predicted molar refractivity (Wildman–Crippen MR) is 79.1 cm³/mol. The maximum absolute atomic E-state index is 13.7. The quantitative estimate of drug-likeness (QED) is 0.881. The van der Waals surface area contributed by atoms with E-state index < -0.39 is 0 Å². The van der Waals surface area contributed by atoms with E-state index in [9.17, 15) is 9.18 Å². The van der Waals surface area contributed by atoms with Crippen molar-refractivity contribution in [2.45, 2.75) is 25.8 Å². The third-order valence-corrected chi connectivity index (χ3v) is 3.33. The zero-order valence-electron chi connectivity index (χ0n) is 11.5. The van der Waals surface area contributed by atoms with E-state index in [4.69, 9.17) is 5.73 Å². The van der Waals surface area contributed by atoms with Crippen molar-refractivity contribution in [1.29, 1.82) is 0 Å². The van der Waals surface area contributed by atoms with Crippen LogP contribution in [-0.4, -0.2) is 18.5 Å². The van der Waals surface area contributed by atoms with Crippen molar-refractivity contribution in [3.8, 4) is 0 Å². The number of carbonyl (C=O) groups excluding carboxylic acids is 1. The van der Waals surface area contributed by atoms with Crippen molar-refractivity contribution < 1.29 is 9.18 Å². The van der Waals surface area contributed by atoms with E-state index in [0.29, 0.717) is 22.9 Å². The van der Waals surface area contributed by atoms with Gasteiger partial charge in [-0.15, -0.1) is 0 Å². The van der Waals surface area contributed by atoms with Crippen LogP contribution in [0.4, 0.5) is 4.39 Å². The molecule has 1 amide bonds. The Morgan fingerprint density at radius 2 is 1.95 bits per heavy atom. The van der Waals surface area contributed by atoms with Crippen LogP contribution >= 0.6 is 0 Å². The first-order chi connectivity index (χ1) is 9.63. The summed E-state index contributed by atoms with van der Waals surface area (Å²) in [5, 5.41) is 4.03. The lowest BCUT2D eigenvalue weighted by Gasteiger charge is -2.14. The molecular weight excluding hydrogens is 255 g/mol. The highest BCUT2D eigenvalue weighted by Crippen LogP contribution is 2.21. The van der Waals surface area contributed by atoms with Gasteiger partial charge in [-0.05, 0) is 43.8 Å². The van der Waals surface area contributed by atoms with Crippen LogP contribution in [0.1, 0.15) is 30.1 Å². The Kier molecular flexibility index (Phi) is 4.69. The molecule has 1 atom stereocenters. The summed E-state index contributed by atoms with van der Waals surface area (Å²) in [5.41, 5.74) is 5.96. The second-order valence-corrected chi connectivity index (χ2v) is 4.95. The van der Waals surface area contributed by atoms with Gasteiger partial charge in [-0.2, -0.15) is 0 Å². The molecular formula is C16H19FN2O. The number of hydrogen-bond donors (Lipinski definition) is 2. The lowest BCUT2D eigenvalue weighted by Crippen LogP contribution is -2.33. The Labute approximate surface area is 118 Å². The first-order valence-electron chi connectivity index (χ1n) is 6.81. The summed E-state index contributed by atoms with van der Waals surface area (Å²) in [6.07, 6.45) is 1.70. The second-order valence-electron chi connectivity index (χ2n) is 4.95. The summed E-state index contributed by atoms with van der Waals surface area (Å²) in [6, 6.07) is 9.92. The summed E-state index contributed by atoms with van der Waals surface area (Å²) < 4.78 is 13.7. The maximum atomic E-state index is 13.7. The number of benzene rings is 2. The molecule has 0 saturated carbocycles. The predicted octanol–water partition coefficient (Wildman–Crippen LogP) is 2.84. The summed E-state index contributed by atoms with van der Waals surface area (Å²) in [4.78, 5) is 12.3. The van der Waals surface area contributed by atoms with Gasteiger partial charge in [0.15, 0.2) is 0 Å². The SMILES string of the molecule is CC(CCCN)NC(=O)c1ccc(F)c2ccccc12. The van der Waals surface area contributed by atoms with Crippen LogP contribution in [0, 0.1) is 5.82 Å². The molecule has 0 saturated heterocycles. The van der Waals surface area contributed by atoms with E-state index >= 15 is 0 Å². The van der Waals surface area contributed by atoms with Crippen molar-refractivity contribution in [2.24, 2.45) is 5.73 Å². The van der Waals surface area contributed by atoms with Gasteiger partial charge in [0.05, 0.1) is 0 Å². The normalized spacial score (nSPS) is 12.3. The van der Waals surface area contributed by atoms with Crippen molar-refractivity contribution in [1.82, 2.24) is 5.32 Å². The average Bonchev–Trinajstić information content (AvgIpc) is 2.45. The van der Waals surface area contributed by atoms with Crippen molar-refractivity contribution in [3.63, 3.8) is 0 Å². The van der Waals surface area contributed by atoms with Crippen LogP contribution in [0.5, 0.6) is 0 Å². The smallest absolute Gasteiger partial charge is 0.252 e. The molecule has 0 spiro atoms. The first kappa shape index (κ1) is 14.5. The van der Waals surface area contributed by atoms with Gasteiger partial charge in [-0.3, -0.25) is 4.79 Å². The van der Waals surface area contributed by atoms with E-state index in [1.165, 1.54) is 12.1 Å². The lowest BCUT2D eigenvalue weighted by molar-refractivity contribution is 0.0940. The van der Waals surface area contributed by atoms with Gasteiger partial charge in [-0.1, -0.05) is 24.3 Å². The molecule has 0 fully saturated rings. The van der Waals surface area contributed by atoms with Gasteiger partial charge in [0, 0.05) is 17.0 Å². The Balaban J connectivity index is 2.24. The molecule has 0 heterocycles. The highest BCUT2D eigenvalue weighted by atomic mass is 19.1. The third-order valence-electron chi connectivity index (χ3n) is 3.33. The molecule has 2 aromatic rings. The van der Waals surface area contributed by atoms with Crippen LogP contribution in [-0.2, 0) is 0 Å². The Bertz CT molecular complexity index is 612. The standard InChI is InChI=1S/C16H19FN2O/c1-11(5-4-10-18)19-16(20)14-8-9-15(17)13-7-3-2-6-12(13)14/h2-3,6-9,11H,4-5,10,18H2,1H3,(H,19,20). The van der Waals surface area contributed by atoms with Gasteiger partial charge >= 0.3 is 0 Å². The lowest BCUT2D eigenvalue weighted by atomic mass is 10.0. The molecule has 2 rings (SSSR count). The molecule has 0 aliphatic carbocycles. The van der Waals surface area contributed by atoms with E-state index in [1.54, 1.807) is 24.3 Å². The van der Waals surface area contributed by atoms with Crippen LogP contribution < -0.4 is 11.1 Å². The molecule has 1 unspecified atom stereocenters. The topological polar surface area (TPSA) is 55.1 Å². The number of halogens is 1. The molecule has 0 aliphatic rings. The largest absolute Gasteiger partial charge is 0.350 e. The molecule has 0 aliphatic heterocycles. The number of carbonyl (C=O) groups is 1. The highest BCUT2D eigenvalue weighted by Gasteiger charge is 2.14. The van der Waals surface area contributed by atoms with Crippen LogP contribution in [0.3, 0.4) is 0 Å². The van der Waals surface area contributed by atoms with E-state index in [0.717, 1.165) is 12.8 Å². The van der Waals surface area contributed by atoms with Crippen molar-refractivity contribution >= 4 is 16.7 Å². The fraction of sp³-hybridized carbons (Fsp3) is 0.312. The summed E-state index contributed by atoms with van der Waals surface area (Å²) in [6.45, 7) is 2.55. The van der Waals surface area contributed by atoms with Gasteiger partial charge in [0.1, 0.15) is 5.82 Å². The van der Waals surface area contributed by atoms with Crippen LogP contribution in [0.25, 0.3) is 10.8 Å². The summed E-state index contributed by atoms with van der Waals surface area (Å²) in [5.74, 6) is -0.487. The number of nitrogens with two attached hydrogens (primary N) is 1. The number of fused-ring (bicyclic) bond motifs is 1. The van der Waals surface area contributed by atoms with Gasteiger partial charge in [0.25, 0.3) is 5.91 Å². The number of hydrogen-bond acceptors (Lipinski definition) is 2. The van der Waals surface area contributed by atoms with Gasteiger partial charge in [-0.25, -0.2) is 4.39 Å². The molecule has 0 aromatic heterocycles. The molecule has 106 valence electrons. The number of amides is 1. The highest BCUT2D eigenvalue weighted by molar-refractivity contribution is 6.07. The van der Waals surface area contributed by atoms with Crippen molar-refractivity contribution in [2.75, 3.05) is 6.54 Å². The van der Waals surface area contributed by atoms with Crippen LogP contribution in [0.2, 0.25) is 0 Å². The van der Waals surface area contributed by atoms with Gasteiger partial charge < -0.3 is 11.1 Å². The third kappa shape index (κ3) is 3.14. The minimum Gasteiger partial charge on any atom is -0.350 e. The fourth-order valence-electron chi connectivity index (χ4n) is 2.26. The van der Waals surface area contributed by atoms with Crippen molar-refractivity contribution in [3.05, 3.63) is 47.8 Å². The number of nitrogens with one attached hydrogen (secondary N) is 1. The molecule has 3 nitrogen and oxygen atoms in total. The minimum absolute atomic E-state index is 0.0508. The maximum Gasteiger partial charge on any atom is 0.252 e. The second kappa shape index (κ2) is 6.48. The van der Waals surface area contributed by atoms with Crippen LogP contribution in [0.15, 0.2) is 36.4 Å². The molecule has 3 N–H and O–H groups in total. The average molecular weight is 274 g/mol. The van der Waals surface area contributed by atoms with Gasteiger partial charge in [0.2, 0.25) is 0 Å². The van der Waals surface area contributed by atoms with E-state index in [-0.39, 0.29) is 17.8 Å². The molecule has 4 heteroatoms. The van der Waals surface area contributed by atoms with E-state index in [1.807, 2.05) is 6.92 Å². The summed E-state index contributed by atoms with van der Waals surface area (Å²) in [7, 11) is 0. The monoisotopic (exact) mass is 274 g/mol.